The second kappa shape index (κ2) is 4.34. The summed E-state index contributed by atoms with van der Waals surface area (Å²) in [4.78, 5) is 0. The molecule has 0 atom stereocenters. The average molecular weight is 288 g/mol. The van der Waals surface area contributed by atoms with Crippen LogP contribution in [0.2, 0.25) is 0 Å². The van der Waals surface area contributed by atoms with Crippen molar-refractivity contribution in [3.63, 3.8) is 0 Å². The first kappa shape index (κ1) is 11.9. The van der Waals surface area contributed by atoms with E-state index in [9.17, 15) is 9.50 Å². The summed E-state index contributed by atoms with van der Waals surface area (Å²) in [6, 6.07) is 2.69. The molecule has 0 spiro atoms. The summed E-state index contributed by atoms with van der Waals surface area (Å²) in [6.07, 6.45) is 4.02. The molecule has 1 aromatic carbocycles. The Morgan fingerprint density at radius 1 is 1.38 bits per heavy atom. The Morgan fingerprint density at radius 3 is 2.56 bits per heavy atom. The first-order valence-corrected chi connectivity index (χ1v) is 6.27. The van der Waals surface area contributed by atoms with E-state index in [0.29, 0.717) is 16.6 Å². The van der Waals surface area contributed by atoms with Crippen molar-refractivity contribution in [2.45, 2.75) is 31.1 Å². The number of hydrogen-bond acceptors (Lipinski definition) is 2. The second-order valence-corrected chi connectivity index (χ2v) is 5.33. The van der Waals surface area contributed by atoms with Gasteiger partial charge >= 0.3 is 0 Å². The third-order valence-corrected chi connectivity index (χ3v) is 4.16. The number of aromatic hydroxyl groups is 1. The van der Waals surface area contributed by atoms with Crippen molar-refractivity contribution in [1.29, 1.82) is 0 Å². The lowest BCUT2D eigenvalue weighted by molar-refractivity contribution is 0.400. The van der Waals surface area contributed by atoms with Crippen molar-refractivity contribution in [1.82, 2.24) is 0 Å². The second-order valence-electron chi connectivity index (χ2n) is 4.48. The van der Waals surface area contributed by atoms with Crippen LogP contribution in [-0.4, -0.2) is 11.7 Å². The van der Waals surface area contributed by atoms with Crippen LogP contribution >= 0.6 is 15.9 Å². The van der Waals surface area contributed by atoms with E-state index in [4.69, 9.17) is 5.73 Å². The third kappa shape index (κ3) is 1.84. The highest BCUT2D eigenvalue weighted by atomic mass is 79.9. The molecule has 4 heteroatoms. The molecule has 0 radical (unpaired) electrons. The van der Waals surface area contributed by atoms with Crippen LogP contribution in [0.1, 0.15) is 31.2 Å². The van der Waals surface area contributed by atoms with Gasteiger partial charge in [-0.1, -0.05) is 12.8 Å². The number of benzene rings is 1. The highest BCUT2D eigenvalue weighted by molar-refractivity contribution is 9.10. The van der Waals surface area contributed by atoms with Gasteiger partial charge in [-0.15, -0.1) is 0 Å². The van der Waals surface area contributed by atoms with Gasteiger partial charge in [0, 0.05) is 17.5 Å². The maximum absolute atomic E-state index is 13.4. The molecule has 0 heterocycles. The summed E-state index contributed by atoms with van der Waals surface area (Å²) in [6.45, 7) is 0.455. The smallest absolute Gasteiger partial charge is 0.133 e. The van der Waals surface area contributed by atoms with Crippen LogP contribution in [0.5, 0.6) is 5.75 Å². The lowest BCUT2D eigenvalue weighted by Crippen LogP contribution is -2.32. The van der Waals surface area contributed by atoms with E-state index in [0.717, 1.165) is 25.7 Å². The Bertz CT molecular complexity index is 402. The van der Waals surface area contributed by atoms with Gasteiger partial charge in [-0.3, -0.25) is 0 Å². The van der Waals surface area contributed by atoms with Crippen LogP contribution in [0.3, 0.4) is 0 Å². The molecular formula is C12H15BrFNO. The highest BCUT2D eigenvalue weighted by Crippen LogP contribution is 2.45. The van der Waals surface area contributed by atoms with E-state index in [1.54, 1.807) is 0 Å². The van der Waals surface area contributed by atoms with Gasteiger partial charge in [0.1, 0.15) is 11.6 Å². The van der Waals surface area contributed by atoms with Gasteiger partial charge in [-0.2, -0.15) is 0 Å². The summed E-state index contributed by atoms with van der Waals surface area (Å²) >= 11 is 3.17. The van der Waals surface area contributed by atoms with Gasteiger partial charge in [0.05, 0.1) is 4.47 Å². The number of hydrogen-bond donors (Lipinski definition) is 2. The van der Waals surface area contributed by atoms with Crippen molar-refractivity contribution in [2.75, 3.05) is 6.54 Å². The fourth-order valence-corrected chi connectivity index (χ4v) is 3.04. The van der Waals surface area contributed by atoms with Crippen LogP contribution in [-0.2, 0) is 5.41 Å². The molecule has 16 heavy (non-hydrogen) atoms. The minimum atomic E-state index is -0.334. The summed E-state index contributed by atoms with van der Waals surface area (Å²) in [5.41, 5.74) is 6.23. The van der Waals surface area contributed by atoms with Gasteiger partial charge in [-0.05, 0) is 40.9 Å². The van der Waals surface area contributed by atoms with Gasteiger partial charge < -0.3 is 10.8 Å². The maximum Gasteiger partial charge on any atom is 0.133 e. The average Bonchev–Trinajstić information content (AvgIpc) is 2.73. The molecule has 0 saturated heterocycles. The number of phenolic OH excluding ortho intramolecular Hbond substituents is 1. The van der Waals surface area contributed by atoms with Crippen molar-refractivity contribution in [3.05, 3.63) is 28.0 Å². The Balaban J connectivity index is 2.53. The zero-order chi connectivity index (χ0) is 11.8. The van der Waals surface area contributed by atoms with E-state index in [-0.39, 0.29) is 17.0 Å². The van der Waals surface area contributed by atoms with Crippen LogP contribution in [0.15, 0.2) is 16.6 Å². The first-order valence-electron chi connectivity index (χ1n) is 5.48. The minimum Gasteiger partial charge on any atom is -0.506 e. The molecule has 1 saturated carbocycles. The van der Waals surface area contributed by atoms with E-state index < -0.39 is 0 Å². The SMILES string of the molecule is NCC1(c2cc(F)cc(Br)c2O)CCCC1. The van der Waals surface area contributed by atoms with Crippen molar-refractivity contribution in [2.24, 2.45) is 5.73 Å². The predicted molar refractivity (Wildman–Crippen MR) is 65.0 cm³/mol. The lowest BCUT2D eigenvalue weighted by atomic mass is 9.78. The summed E-state index contributed by atoms with van der Waals surface area (Å²) < 4.78 is 13.8. The molecule has 0 aliphatic heterocycles. The normalized spacial score (nSPS) is 18.9. The molecule has 0 unspecified atom stereocenters. The van der Waals surface area contributed by atoms with E-state index in [1.807, 2.05) is 0 Å². The van der Waals surface area contributed by atoms with Crippen LogP contribution in [0, 0.1) is 5.82 Å². The molecule has 1 aromatic rings. The molecule has 0 aromatic heterocycles. The minimum absolute atomic E-state index is 0.133. The maximum atomic E-state index is 13.4. The molecule has 3 N–H and O–H groups in total. The summed E-state index contributed by atoms with van der Waals surface area (Å²) in [5.74, 6) is -0.201. The molecule has 2 nitrogen and oxygen atoms in total. The van der Waals surface area contributed by atoms with E-state index >= 15 is 0 Å². The Morgan fingerprint density at radius 2 is 2.00 bits per heavy atom. The number of phenols is 1. The summed E-state index contributed by atoms with van der Waals surface area (Å²) in [5, 5.41) is 10.0. The zero-order valence-corrected chi connectivity index (χ0v) is 10.6. The fraction of sp³-hybridized carbons (Fsp3) is 0.500. The number of nitrogens with two attached hydrogens (primary N) is 1. The van der Waals surface area contributed by atoms with Crippen molar-refractivity contribution in [3.8, 4) is 5.75 Å². The van der Waals surface area contributed by atoms with E-state index in [2.05, 4.69) is 15.9 Å². The fourth-order valence-electron chi connectivity index (χ4n) is 2.61. The third-order valence-electron chi connectivity index (χ3n) is 3.55. The van der Waals surface area contributed by atoms with Crippen molar-refractivity contribution >= 4 is 15.9 Å². The number of halogens is 2. The van der Waals surface area contributed by atoms with Gasteiger partial charge in [-0.25, -0.2) is 4.39 Å². The van der Waals surface area contributed by atoms with Gasteiger partial charge in [0.15, 0.2) is 0 Å². The Hall–Kier alpha value is -0.610. The molecule has 1 aliphatic carbocycles. The molecule has 1 fully saturated rings. The molecule has 1 aliphatic rings. The van der Waals surface area contributed by atoms with Gasteiger partial charge in [0.2, 0.25) is 0 Å². The van der Waals surface area contributed by atoms with Crippen molar-refractivity contribution < 1.29 is 9.50 Å². The lowest BCUT2D eigenvalue weighted by Gasteiger charge is -2.29. The highest BCUT2D eigenvalue weighted by Gasteiger charge is 2.37. The first-order chi connectivity index (χ1) is 7.59. The zero-order valence-electron chi connectivity index (χ0n) is 8.97. The largest absolute Gasteiger partial charge is 0.506 e. The molecule has 0 amide bonds. The Labute approximate surface area is 103 Å². The number of rotatable bonds is 2. The molecule has 2 rings (SSSR count). The van der Waals surface area contributed by atoms with Crippen LogP contribution in [0.4, 0.5) is 4.39 Å². The molecular weight excluding hydrogens is 273 g/mol. The Kier molecular flexibility index (Phi) is 3.22. The van der Waals surface area contributed by atoms with Crippen LogP contribution < -0.4 is 5.73 Å². The van der Waals surface area contributed by atoms with E-state index in [1.165, 1.54) is 12.1 Å². The quantitative estimate of drug-likeness (QED) is 0.878. The van der Waals surface area contributed by atoms with Crippen LogP contribution in [0.25, 0.3) is 0 Å². The monoisotopic (exact) mass is 287 g/mol. The topological polar surface area (TPSA) is 46.2 Å². The summed E-state index contributed by atoms with van der Waals surface area (Å²) in [7, 11) is 0. The molecule has 0 bridgehead atoms. The van der Waals surface area contributed by atoms with Gasteiger partial charge in [0.25, 0.3) is 0 Å². The molecule has 88 valence electrons. The predicted octanol–water partition coefficient (Wildman–Crippen LogP) is 3.06. The standard InChI is InChI=1S/C12H15BrFNO/c13-10-6-8(14)5-9(11(10)16)12(7-15)3-1-2-4-12/h5-6,16H,1-4,7,15H2.